The standard InChI is InChI=1S/C18H16N6O2/c1-20-17-6-16(23-24-15(11-26)9-22-18(17)24)13(7-19)8-21-14-4-2-3-12(5-14)10-25/h2-11,20H,19H2,1H3/b13-7+,21-8?. The molecule has 2 heterocycles. The highest BCUT2D eigenvalue weighted by atomic mass is 16.1. The van der Waals surface area contributed by atoms with E-state index in [9.17, 15) is 9.59 Å². The monoisotopic (exact) mass is 348 g/mol. The number of imidazole rings is 1. The molecule has 0 saturated carbocycles. The minimum atomic E-state index is 0.324. The first-order chi connectivity index (χ1) is 12.7. The van der Waals surface area contributed by atoms with Crippen molar-refractivity contribution in [2.45, 2.75) is 0 Å². The molecule has 0 aliphatic heterocycles. The average Bonchev–Trinajstić information content (AvgIpc) is 3.11. The van der Waals surface area contributed by atoms with Crippen LogP contribution in [0, 0.1) is 0 Å². The Hall–Kier alpha value is -3.81. The van der Waals surface area contributed by atoms with E-state index < -0.39 is 0 Å². The molecule has 2 aromatic heterocycles. The maximum atomic E-state index is 11.2. The molecule has 0 spiro atoms. The van der Waals surface area contributed by atoms with Gasteiger partial charge >= 0.3 is 0 Å². The average molecular weight is 348 g/mol. The number of hydrogen-bond donors (Lipinski definition) is 2. The summed E-state index contributed by atoms with van der Waals surface area (Å²) in [5, 5.41) is 7.44. The molecular weight excluding hydrogens is 332 g/mol. The molecule has 0 atom stereocenters. The van der Waals surface area contributed by atoms with Crippen molar-refractivity contribution in [1.29, 1.82) is 0 Å². The molecule has 0 radical (unpaired) electrons. The normalized spacial score (nSPS) is 11.8. The molecule has 0 amide bonds. The Balaban J connectivity index is 2.03. The third kappa shape index (κ3) is 3.20. The second-order valence-corrected chi connectivity index (χ2v) is 5.32. The summed E-state index contributed by atoms with van der Waals surface area (Å²) < 4.78 is 1.44. The van der Waals surface area contributed by atoms with Gasteiger partial charge in [-0.05, 0) is 18.2 Å². The van der Waals surface area contributed by atoms with Gasteiger partial charge in [0.2, 0.25) is 0 Å². The zero-order valence-corrected chi connectivity index (χ0v) is 14.0. The number of carbonyl (C=O) groups is 2. The van der Waals surface area contributed by atoms with E-state index in [2.05, 4.69) is 20.4 Å². The second-order valence-electron chi connectivity index (χ2n) is 5.32. The van der Waals surface area contributed by atoms with Gasteiger partial charge in [0.05, 0.1) is 23.3 Å². The fourth-order valence-corrected chi connectivity index (χ4v) is 2.41. The maximum Gasteiger partial charge on any atom is 0.177 e. The van der Waals surface area contributed by atoms with E-state index in [4.69, 9.17) is 5.73 Å². The number of nitrogens with one attached hydrogen (secondary N) is 1. The van der Waals surface area contributed by atoms with Gasteiger partial charge < -0.3 is 11.1 Å². The van der Waals surface area contributed by atoms with Gasteiger partial charge in [-0.3, -0.25) is 14.6 Å². The van der Waals surface area contributed by atoms with E-state index in [0.717, 1.165) is 6.29 Å². The molecule has 130 valence electrons. The molecule has 8 nitrogen and oxygen atoms in total. The van der Waals surface area contributed by atoms with Gasteiger partial charge in [-0.25, -0.2) is 9.50 Å². The Kier molecular flexibility index (Phi) is 4.84. The van der Waals surface area contributed by atoms with Gasteiger partial charge in [0.1, 0.15) is 12.0 Å². The van der Waals surface area contributed by atoms with Crippen LogP contribution in [0.15, 0.2) is 47.7 Å². The van der Waals surface area contributed by atoms with E-state index in [-0.39, 0.29) is 0 Å². The number of allylic oxidation sites excluding steroid dienone is 1. The summed E-state index contributed by atoms with van der Waals surface area (Å²) in [6.45, 7) is 0. The highest BCUT2D eigenvalue weighted by Gasteiger charge is 2.12. The number of aromatic nitrogens is 3. The molecule has 3 aromatic rings. The summed E-state index contributed by atoms with van der Waals surface area (Å²) >= 11 is 0. The van der Waals surface area contributed by atoms with E-state index in [1.807, 2.05) is 0 Å². The van der Waals surface area contributed by atoms with Crippen LogP contribution in [0.25, 0.3) is 11.2 Å². The summed E-state index contributed by atoms with van der Waals surface area (Å²) in [6, 6.07) is 8.64. The quantitative estimate of drug-likeness (QED) is 0.521. The fraction of sp³-hybridized carbons (Fsp3) is 0.0556. The summed E-state index contributed by atoms with van der Waals surface area (Å²) in [5.74, 6) is 0. The number of nitrogens with zero attached hydrogens (tertiary/aromatic N) is 4. The molecule has 1 aromatic carbocycles. The molecule has 0 aliphatic rings. The number of anilines is 1. The van der Waals surface area contributed by atoms with Crippen molar-refractivity contribution in [1.82, 2.24) is 14.6 Å². The van der Waals surface area contributed by atoms with Crippen LogP contribution in [0.2, 0.25) is 0 Å². The Morgan fingerprint density at radius 2 is 2.12 bits per heavy atom. The number of hydrogen-bond acceptors (Lipinski definition) is 7. The number of aliphatic imine (C=N–C) groups is 1. The lowest BCUT2D eigenvalue weighted by molar-refractivity contribution is 0.111. The zero-order valence-electron chi connectivity index (χ0n) is 14.0. The van der Waals surface area contributed by atoms with Crippen molar-refractivity contribution >= 4 is 41.4 Å². The second kappa shape index (κ2) is 7.39. The fourth-order valence-electron chi connectivity index (χ4n) is 2.41. The molecule has 0 bridgehead atoms. The Bertz CT molecular complexity index is 1040. The van der Waals surface area contributed by atoms with Crippen LogP contribution in [-0.4, -0.2) is 40.4 Å². The third-order valence-electron chi connectivity index (χ3n) is 3.72. The lowest BCUT2D eigenvalue weighted by Crippen LogP contribution is -2.05. The number of fused-ring (bicyclic) bond motifs is 1. The van der Waals surface area contributed by atoms with Crippen molar-refractivity contribution in [3.05, 3.63) is 59.7 Å². The van der Waals surface area contributed by atoms with Crippen LogP contribution in [0.4, 0.5) is 11.4 Å². The van der Waals surface area contributed by atoms with E-state index >= 15 is 0 Å². The highest BCUT2D eigenvalue weighted by molar-refractivity contribution is 6.10. The van der Waals surface area contributed by atoms with Crippen molar-refractivity contribution in [2.24, 2.45) is 10.7 Å². The van der Waals surface area contributed by atoms with Crippen LogP contribution in [0.3, 0.4) is 0 Å². The largest absolute Gasteiger partial charge is 0.404 e. The first-order valence-corrected chi connectivity index (χ1v) is 7.73. The number of rotatable bonds is 6. The van der Waals surface area contributed by atoms with Crippen molar-refractivity contribution in [2.75, 3.05) is 12.4 Å². The molecule has 0 aliphatic carbocycles. The molecule has 3 N–H and O–H groups in total. The smallest absolute Gasteiger partial charge is 0.177 e. The van der Waals surface area contributed by atoms with E-state index in [0.29, 0.717) is 45.8 Å². The summed E-state index contributed by atoms with van der Waals surface area (Å²) in [5.41, 5.74) is 9.50. The molecular formula is C18H16N6O2. The molecule has 26 heavy (non-hydrogen) atoms. The van der Waals surface area contributed by atoms with Crippen LogP contribution in [-0.2, 0) is 0 Å². The predicted octanol–water partition coefficient (Wildman–Crippen LogP) is 2.10. The lowest BCUT2D eigenvalue weighted by atomic mass is 10.2. The Morgan fingerprint density at radius 1 is 1.27 bits per heavy atom. The summed E-state index contributed by atoms with van der Waals surface area (Å²) in [7, 11) is 1.75. The molecule has 8 heteroatoms. The minimum Gasteiger partial charge on any atom is -0.404 e. The van der Waals surface area contributed by atoms with Crippen LogP contribution in [0.1, 0.15) is 26.5 Å². The molecule has 0 fully saturated rings. The molecule has 0 unspecified atom stereocenters. The van der Waals surface area contributed by atoms with Crippen LogP contribution >= 0.6 is 0 Å². The predicted molar refractivity (Wildman–Crippen MR) is 100 cm³/mol. The molecule has 3 rings (SSSR count). The minimum absolute atomic E-state index is 0.324. The van der Waals surface area contributed by atoms with Crippen molar-refractivity contribution in [3.8, 4) is 0 Å². The Morgan fingerprint density at radius 3 is 2.81 bits per heavy atom. The third-order valence-corrected chi connectivity index (χ3v) is 3.72. The summed E-state index contributed by atoms with van der Waals surface area (Å²) in [4.78, 5) is 30.6. The summed E-state index contributed by atoms with van der Waals surface area (Å²) in [6.07, 6.45) is 5.81. The Labute approximate surface area is 149 Å². The first-order valence-electron chi connectivity index (χ1n) is 7.73. The van der Waals surface area contributed by atoms with E-state index in [1.54, 1.807) is 43.6 Å². The van der Waals surface area contributed by atoms with Gasteiger partial charge in [-0.1, -0.05) is 12.1 Å². The number of aldehydes is 2. The van der Waals surface area contributed by atoms with Gasteiger partial charge in [-0.15, -0.1) is 0 Å². The topological polar surface area (TPSA) is 115 Å². The van der Waals surface area contributed by atoms with Gasteiger partial charge in [0.15, 0.2) is 11.9 Å². The van der Waals surface area contributed by atoms with Gasteiger partial charge in [0, 0.05) is 30.6 Å². The number of nitrogens with two attached hydrogens (primary N) is 1. The van der Waals surface area contributed by atoms with Crippen LogP contribution < -0.4 is 11.1 Å². The van der Waals surface area contributed by atoms with Crippen LogP contribution in [0.5, 0.6) is 0 Å². The lowest BCUT2D eigenvalue weighted by Gasteiger charge is -2.07. The van der Waals surface area contributed by atoms with E-state index in [1.165, 1.54) is 16.9 Å². The number of benzene rings is 1. The van der Waals surface area contributed by atoms with Gasteiger partial charge in [0.25, 0.3) is 0 Å². The highest BCUT2D eigenvalue weighted by Crippen LogP contribution is 2.21. The van der Waals surface area contributed by atoms with Crippen molar-refractivity contribution in [3.63, 3.8) is 0 Å². The SMILES string of the molecule is CNc1cc(/C(C=Nc2cccc(C=O)c2)=C/N)nn2c(C=O)cnc12. The first kappa shape index (κ1) is 17.0. The number of carbonyl (C=O) groups excluding carboxylic acids is 2. The zero-order chi connectivity index (χ0) is 18.5. The van der Waals surface area contributed by atoms with Crippen molar-refractivity contribution < 1.29 is 9.59 Å². The maximum absolute atomic E-state index is 11.2. The van der Waals surface area contributed by atoms with Gasteiger partial charge in [-0.2, -0.15) is 5.10 Å². The molecule has 0 saturated heterocycles.